The first kappa shape index (κ1) is 14.0. The number of piperazine rings is 1. The zero-order valence-electron chi connectivity index (χ0n) is 12.7. The number of aromatic nitrogens is 1. The predicted molar refractivity (Wildman–Crippen MR) is 85.3 cm³/mol. The van der Waals surface area contributed by atoms with Gasteiger partial charge in [0, 0.05) is 43.6 Å². The minimum atomic E-state index is 0.297. The lowest BCUT2D eigenvalue weighted by molar-refractivity contribution is 0.0578. The quantitative estimate of drug-likeness (QED) is 0.926. The number of rotatable bonds is 4. The SMILES string of the molecule is CC1(C2CC2)CN(Cc2ccncc2Cl)C(C2CC2)CN1. The van der Waals surface area contributed by atoms with Crippen LogP contribution >= 0.6 is 11.6 Å². The van der Waals surface area contributed by atoms with Gasteiger partial charge in [0.2, 0.25) is 0 Å². The molecule has 2 aliphatic carbocycles. The van der Waals surface area contributed by atoms with Gasteiger partial charge in [-0.05, 0) is 56.1 Å². The maximum Gasteiger partial charge on any atom is 0.0634 e. The Kier molecular flexibility index (Phi) is 3.48. The third kappa shape index (κ3) is 2.84. The van der Waals surface area contributed by atoms with Crippen molar-refractivity contribution in [3.8, 4) is 0 Å². The van der Waals surface area contributed by atoms with Gasteiger partial charge in [-0.2, -0.15) is 0 Å². The van der Waals surface area contributed by atoms with E-state index < -0.39 is 0 Å². The van der Waals surface area contributed by atoms with Crippen LogP contribution in [0, 0.1) is 11.8 Å². The summed E-state index contributed by atoms with van der Waals surface area (Å²) in [4.78, 5) is 6.80. The Labute approximate surface area is 132 Å². The summed E-state index contributed by atoms with van der Waals surface area (Å²) in [6.45, 7) is 5.67. The van der Waals surface area contributed by atoms with Crippen molar-refractivity contribution in [1.29, 1.82) is 0 Å². The molecule has 0 radical (unpaired) electrons. The van der Waals surface area contributed by atoms with Crippen molar-refractivity contribution >= 4 is 11.6 Å². The molecule has 3 aliphatic rings. The summed E-state index contributed by atoms with van der Waals surface area (Å²) >= 11 is 6.33. The van der Waals surface area contributed by atoms with E-state index in [1.165, 1.54) is 31.2 Å². The summed E-state index contributed by atoms with van der Waals surface area (Å²) in [5.74, 6) is 1.76. The van der Waals surface area contributed by atoms with E-state index in [4.69, 9.17) is 11.6 Å². The summed E-state index contributed by atoms with van der Waals surface area (Å²) in [6, 6.07) is 2.75. The lowest BCUT2D eigenvalue weighted by atomic mass is 9.89. The van der Waals surface area contributed by atoms with Crippen LogP contribution in [0.2, 0.25) is 5.02 Å². The fourth-order valence-electron chi connectivity index (χ4n) is 3.93. The lowest BCUT2D eigenvalue weighted by Crippen LogP contribution is -2.64. The Morgan fingerprint density at radius 3 is 2.86 bits per heavy atom. The summed E-state index contributed by atoms with van der Waals surface area (Å²) in [5, 5.41) is 4.68. The van der Waals surface area contributed by atoms with Gasteiger partial charge in [-0.1, -0.05) is 11.6 Å². The Bertz CT molecular complexity index is 527. The van der Waals surface area contributed by atoms with E-state index in [0.717, 1.165) is 36.5 Å². The van der Waals surface area contributed by atoms with Gasteiger partial charge in [0.1, 0.15) is 0 Å². The van der Waals surface area contributed by atoms with Crippen LogP contribution in [-0.2, 0) is 6.54 Å². The smallest absolute Gasteiger partial charge is 0.0634 e. The van der Waals surface area contributed by atoms with E-state index >= 15 is 0 Å². The van der Waals surface area contributed by atoms with Gasteiger partial charge in [0.25, 0.3) is 0 Å². The van der Waals surface area contributed by atoms with Crippen LogP contribution in [0.15, 0.2) is 18.5 Å². The molecule has 3 fully saturated rings. The third-order valence-corrected chi connectivity index (χ3v) is 5.93. The van der Waals surface area contributed by atoms with Crippen molar-refractivity contribution in [2.75, 3.05) is 13.1 Å². The Morgan fingerprint density at radius 2 is 2.19 bits per heavy atom. The largest absolute Gasteiger partial charge is 0.308 e. The highest BCUT2D eigenvalue weighted by Crippen LogP contribution is 2.44. The van der Waals surface area contributed by atoms with E-state index in [-0.39, 0.29) is 0 Å². The summed E-state index contributed by atoms with van der Waals surface area (Å²) < 4.78 is 0. The van der Waals surface area contributed by atoms with Crippen molar-refractivity contribution in [3.05, 3.63) is 29.0 Å². The van der Waals surface area contributed by atoms with Crippen LogP contribution in [0.25, 0.3) is 0 Å². The highest BCUT2D eigenvalue weighted by molar-refractivity contribution is 6.31. The zero-order chi connectivity index (χ0) is 14.4. The van der Waals surface area contributed by atoms with Gasteiger partial charge >= 0.3 is 0 Å². The lowest BCUT2D eigenvalue weighted by Gasteiger charge is -2.47. The van der Waals surface area contributed by atoms with Crippen LogP contribution in [-0.4, -0.2) is 34.6 Å². The molecule has 1 aromatic heterocycles. The molecule has 0 amide bonds. The van der Waals surface area contributed by atoms with Gasteiger partial charge in [0.05, 0.1) is 5.02 Å². The molecule has 0 aromatic carbocycles. The Balaban J connectivity index is 1.54. The molecular formula is C17H24ClN3. The van der Waals surface area contributed by atoms with Crippen molar-refractivity contribution in [2.45, 2.75) is 50.7 Å². The average Bonchev–Trinajstić information content (AvgIpc) is 3.34. The molecule has 21 heavy (non-hydrogen) atoms. The second-order valence-electron chi connectivity index (χ2n) is 7.35. The standard InChI is InChI=1S/C17H24ClN3/c1-17(14-4-5-14)11-21(16(9-20-17)12-2-3-12)10-13-6-7-19-8-15(13)18/h6-8,12,14,16,20H,2-5,9-11H2,1H3. The van der Waals surface area contributed by atoms with E-state index in [0.29, 0.717) is 11.6 Å². The first-order chi connectivity index (χ1) is 10.2. The van der Waals surface area contributed by atoms with Crippen LogP contribution in [0.4, 0.5) is 0 Å². The van der Waals surface area contributed by atoms with Crippen molar-refractivity contribution in [1.82, 2.24) is 15.2 Å². The molecule has 1 N–H and O–H groups in total. The number of halogens is 1. The van der Waals surface area contributed by atoms with Gasteiger partial charge in [-0.25, -0.2) is 0 Å². The Hall–Kier alpha value is -0.640. The molecule has 4 rings (SSSR count). The second kappa shape index (κ2) is 5.22. The number of nitrogens with one attached hydrogen (secondary N) is 1. The molecule has 4 heteroatoms. The molecule has 114 valence electrons. The first-order valence-electron chi connectivity index (χ1n) is 8.23. The molecule has 0 bridgehead atoms. The third-order valence-electron chi connectivity index (χ3n) is 5.59. The summed E-state index contributed by atoms with van der Waals surface area (Å²) in [7, 11) is 0. The highest BCUT2D eigenvalue weighted by atomic mass is 35.5. The number of hydrogen-bond acceptors (Lipinski definition) is 3. The fraction of sp³-hybridized carbons (Fsp3) is 0.706. The van der Waals surface area contributed by atoms with Crippen LogP contribution in [0.5, 0.6) is 0 Å². The average molecular weight is 306 g/mol. The zero-order valence-corrected chi connectivity index (χ0v) is 13.4. The normalized spacial score (nSPS) is 34.1. The van der Waals surface area contributed by atoms with Crippen LogP contribution in [0.1, 0.15) is 38.2 Å². The second-order valence-corrected chi connectivity index (χ2v) is 7.76. The fourth-order valence-corrected chi connectivity index (χ4v) is 4.10. The molecule has 3 nitrogen and oxygen atoms in total. The van der Waals surface area contributed by atoms with Gasteiger partial charge in [-0.15, -0.1) is 0 Å². The van der Waals surface area contributed by atoms with E-state index in [9.17, 15) is 0 Å². The number of pyridine rings is 1. The molecule has 2 saturated carbocycles. The molecule has 2 atom stereocenters. The minimum absolute atomic E-state index is 0.297. The first-order valence-corrected chi connectivity index (χ1v) is 8.61. The van der Waals surface area contributed by atoms with Crippen molar-refractivity contribution < 1.29 is 0 Å². The minimum Gasteiger partial charge on any atom is -0.308 e. The molecule has 0 spiro atoms. The molecule has 2 unspecified atom stereocenters. The maximum absolute atomic E-state index is 6.33. The van der Waals surface area contributed by atoms with Crippen LogP contribution < -0.4 is 5.32 Å². The number of hydrogen-bond donors (Lipinski definition) is 1. The van der Waals surface area contributed by atoms with Crippen molar-refractivity contribution in [3.63, 3.8) is 0 Å². The molecular weight excluding hydrogens is 282 g/mol. The van der Waals surface area contributed by atoms with Gasteiger partial charge in [-0.3, -0.25) is 9.88 Å². The monoisotopic (exact) mass is 305 g/mol. The van der Waals surface area contributed by atoms with E-state index in [1.54, 1.807) is 6.20 Å². The van der Waals surface area contributed by atoms with Gasteiger partial charge in [0.15, 0.2) is 0 Å². The summed E-state index contributed by atoms with van der Waals surface area (Å²) in [5.41, 5.74) is 1.52. The molecule has 1 aliphatic heterocycles. The maximum atomic E-state index is 6.33. The highest BCUT2D eigenvalue weighted by Gasteiger charge is 2.48. The molecule has 1 aromatic rings. The predicted octanol–water partition coefficient (Wildman–Crippen LogP) is 3.09. The molecule has 1 saturated heterocycles. The number of nitrogens with zero attached hydrogens (tertiary/aromatic N) is 2. The molecule has 2 heterocycles. The van der Waals surface area contributed by atoms with Crippen LogP contribution in [0.3, 0.4) is 0 Å². The van der Waals surface area contributed by atoms with Gasteiger partial charge < -0.3 is 5.32 Å². The van der Waals surface area contributed by atoms with E-state index in [1.807, 2.05) is 6.20 Å². The summed E-state index contributed by atoms with van der Waals surface area (Å²) in [6.07, 6.45) is 9.20. The van der Waals surface area contributed by atoms with E-state index in [2.05, 4.69) is 28.2 Å². The Morgan fingerprint density at radius 1 is 1.38 bits per heavy atom. The van der Waals surface area contributed by atoms with Crippen molar-refractivity contribution in [2.24, 2.45) is 11.8 Å². The topological polar surface area (TPSA) is 28.2 Å².